The molecule has 0 saturated heterocycles. The van der Waals surface area contributed by atoms with E-state index in [4.69, 9.17) is 15.2 Å². The molecule has 3 N–H and O–H groups in total. The summed E-state index contributed by atoms with van der Waals surface area (Å²) in [5.41, 5.74) is 9.03. The van der Waals surface area contributed by atoms with Crippen molar-refractivity contribution in [3.8, 4) is 5.75 Å². The molecule has 2 aromatic carbocycles. The molecule has 0 saturated carbocycles. The van der Waals surface area contributed by atoms with Crippen LogP contribution in [0.1, 0.15) is 24.7 Å². The Hall–Kier alpha value is -3.76. The Labute approximate surface area is 214 Å². The van der Waals surface area contributed by atoms with Crippen molar-refractivity contribution in [3.05, 3.63) is 59.7 Å². The normalized spacial score (nSPS) is 11.5. The molecule has 0 aliphatic heterocycles. The molecule has 0 aliphatic carbocycles. The molecular formula is C27H32FN5O4. The minimum Gasteiger partial charge on any atom is -0.479 e. The number of hydrogen-bond donors (Lipinski definition) is 2. The molecule has 9 nitrogen and oxygen atoms in total. The number of pyridine rings is 1. The van der Waals surface area contributed by atoms with Gasteiger partial charge in [-0.05, 0) is 39.1 Å². The maximum absolute atomic E-state index is 15.0. The molecule has 0 fully saturated rings. The molecule has 0 spiro atoms. The van der Waals surface area contributed by atoms with Crippen molar-refractivity contribution in [2.45, 2.75) is 32.9 Å². The summed E-state index contributed by atoms with van der Waals surface area (Å²) in [4.78, 5) is 22.7. The Kier molecular flexibility index (Phi) is 8.52. The summed E-state index contributed by atoms with van der Waals surface area (Å²) in [6, 6.07) is 12.7. The monoisotopic (exact) mass is 509 g/mol. The zero-order chi connectivity index (χ0) is 26.4. The molecule has 10 heteroatoms. The fraction of sp³-hybridized carbons (Fsp3) is 0.370. The number of fused-ring (bicyclic) bond motifs is 3. The first-order valence-corrected chi connectivity index (χ1v) is 12.3. The van der Waals surface area contributed by atoms with E-state index in [-0.39, 0.29) is 25.6 Å². The van der Waals surface area contributed by atoms with E-state index in [9.17, 15) is 14.3 Å². The Balaban J connectivity index is 1.46. The average molecular weight is 510 g/mol. The number of para-hydroxylation sites is 1. The number of aliphatic hydroxyl groups is 1. The molecule has 0 amide bonds. The number of aliphatic hydroxyl groups excluding tert-OH is 1. The molecule has 0 bridgehead atoms. The third kappa shape index (κ3) is 5.98. The van der Waals surface area contributed by atoms with E-state index in [0.29, 0.717) is 43.0 Å². The fourth-order valence-corrected chi connectivity index (χ4v) is 4.43. The molecule has 196 valence electrons. The van der Waals surface area contributed by atoms with Crippen molar-refractivity contribution in [2.24, 2.45) is 0 Å². The van der Waals surface area contributed by atoms with E-state index in [1.54, 1.807) is 19.1 Å². The van der Waals surface area contributed by atoms with Gasteiger partial charge in [0.05, 0.1) is 24.2 Å². The highest BCUT2D eigenvalue weighted by Gasteiger charge is 2.18. The second kappa shape index (κ2) is 12.0. The molecule has 0 atom stereocenters. The Morgan fingerprint density at radius 1 is 1.19 bits per heavy atom. The van der Waals surface area contributed by atoms with E-state index in [0.717, 1.165) is 28.7 Å². The van der Waals surface area contributed by atoms with Crippen molar-refractivity contribution in [2.75, 3.05) is 39.1 Å². The summed E-state index contributed by atoms with van der Waals surface area (Å²) >= 11 is 0. The number of nitrogens with zero attached hydrogens (tertiary/aromatic N) is 4. The average Bonchev–Trinajstić information content (AvgIpc) is 3.24. The van der Waals surface area contributed by atoms with Crippen LogP contribution >= 0.6 is 0 Å². The molecule has 37 heavy (non-hydrogen) atoms. The van der Waals surface area contributed by atoms with Gasteiger partial charge in [0.1, 0.15) is 11.3 Å². The maximum Gasteiger partial charge on any atom is 0.344 e. The van der Waals surface area contributed by atoms with Crippen LogP contribution in [0.4, 0.5) is 10.2 Å². The van der Waals surface area contributed by atoms with Gasteiger partial charge in [0.2, 0.25) is 0 Å². The summed E-state index contributed by atoms with van der Waals surface area (Å²) in [5, 5.41) is 10.6. The Morgan fingerprint density at radius 3 is 2.78 bits per heavy atom. The van der Waals surface area contributed by atoms with Crippen molar-refractivity contribution in [3.63, 3.8) is 0 Å². The van der Waals surface area contributed by atoms with Gasteiger partial charge in [-0.2, -0.15) is 0 Å². The second-order valence-electron chi connectivity index (χ2n) is 8.78. The van der Waals surface area contributed by atoms with Crippen LogP contribution in [0, 0.1) is 5.82 Å². The first-order chi connectivity index (χ1) is 17.9. The minimum atomic E-state index is -0.540. The maximum atomic E-state index is 15.0. The van der Waals surface area contributed by atoms with Gasteiger partial charge >= 0.3 is 5.97 Å². The molecule has 4 aromatic rings. The number of carbonyl (C=O) groups excluding carboxylic acids is 1. The Bertz CT molecular complexity index is 1390. The van der Waals surface area contributed by atoms with E-state index < -0.39 is 11.8 Å². The third-order valence-electron chi connectivity index (χ3n) is 6.08. The van der Waals surface area contributed by atoms with Gasteiger partial charge < -0.3 is 29.8 Å². The number of aromatic nitrogens is 3. The number of anilines is 1. The first kappa shape index (κ1) is 26.3. The summed E-state index contributed by atoms with van der Waals surface area (Å²) < 4.78 is 27.2. The van der Waals surface area contributed by atoms with Crippen molar-refractivity contribution in [1.29, 1.82) is 0 Å². The van der Waals surface area contributed by atoms with Crippen LogP contribution in [-0.2, 0) is 29.0 Å². The number of nitrogen functional groups attached to an aromatic ring is 1. The van der Waals surface area contributed by atoms with Gasteiger partial charge in [0, 0.05) is 30.5 Å². The van der Waals surface area contributed by atoms with Crippen molar-refractivity contribution >= 4 is 33.7 Å². The number of imidazole rings is 1. The smallest absolute Gasteiger partial charge is 0.344 e. The number of ether oxygens (including phenoxy) is 2. The highest BCUT2D eigenvalue weighted by molar-refractivity contribution is 6.06. The summed E-state index contributed by atoms with van der Waals surface area (Å²) in [6.07, 6.45) is 1.17. The topological polar surface area (TPSA) is 116 Å². The predicted octanol–water partition coefficient (Wildman–Crippen LogP) is 3.30. The molecule has 0 aliphatic rings. The van der Waals surface area contributed by atoms with Gasteiger partial charge in [-0.25, -0.2) is 19.2 Å². The van der Waals surface area contributed by atoms with Crippen molar-refractivity contribution < 1.29 is 23.8 Å². The number of nitrogens with two attached hydrogens (primary N) is 1. The first-order valence-electron chi connectivity index (χ1n) is 12.3. The lowest BCUT2D eigenvalue weighted by Crippen LogP contribution is -2.22. The number of carbonyl (C=O) groups is 1. The lowest BCUT2D eigenvalue weighted by molar-refractivity contribution is -0.145. The van der Waals surface area contributed by atoms with Crippen LogP contribution < -0.4 is 10.5 Å². The van der Waals surface area contributed by atoms with Crippen LogP contribution in [0.25, 0.3) is 21.9 Å². The summed E-state index contributed by atoms with van der Waals surface area (Å²) in [7, 11) is 1.92. The van der Waals surface area contributed by atoms with Gasteiger partial charge in [0.25, 0.3) is 0 Å². The Morgan fingerprint density at radius 2 is 2.00 bits per heavy atom. The zero-order valence-corrected chi connectivity index (χ0v) is 21.1. The molecular weight excluding hydrogens is 477 g/mol. The number of rotatable bonds is 12. The van der Waals surface area contributed by atoms with E-state index in [2.05, 4.69) is 14.5 Å². The standard InChI is InChI=1S/C27H32FN5O4/c1-3-36-23(35)17-37-21-11-6-8-18(24(21)28)16-32(2)13-7-14-33-22(12-15-34)31-25-26(33)19-9-4-5-10-20(19)30-27(25)29/h4-6,8-11,34H,3,7,12-17H2,1-2H3,(H2,29,30). The van der Waals surface area contributed by atoms with Gasteiger partial charge in [-0.1, -0.05) is 30.3 Å². The van der Waals surface area contributed by atoms with Crippen LogP contribution in [0.2, 0.25) is 0 Å². The predicted molar refractivity (Wildman–Crippen MR) is 140 cm³/mol. The number of halogens is 1. The van der Waals surface area contributed by atoms with Gasteiger partial charge in [-0.15, -0.1) is 0 Å². The van der Waals surface area contributed by atoms with Crippen LogP contribution in [0.3, 0.4) is 0 Å². The van der Waals surface area contributed by atoms with Crippen molar-refractivity contribution in [1.82, 2.24) is 19.4 Å². The molecule has 4 rings (SSSR count). The molecule has 2 heterocycles. The van der Waals surface area contributed by atoms with E-state index in [1.165, 1.54) is 6.07 Å². The van der Waals surface area contributed by atoms with E-state index in [1.807, 2.05) is 36.2 Å². The van der Waals surface area contributed by atoms with E-state index >= 15 is 0 Å². The highest BCUT2D eigenvalue weighted by Crippen LogP contribution is 2.29. The molecule has 2 aromatic heterocycles. The van der Waals surface area contributed by atoms with Gasteiger partial charge in [0.15, 0.2) is 24.0 Å². The summed E-state index contributed by atoms with van der Waals surface area (Å²) in [5.74, 6) is 0.114. The second-order valence-corrected chi connectivity index (χ2v) is 8.78. The third-order valence-corrected chi connectivity index (χ3v) is 6.08. The number of esters is 1. The number of hydrogen-bond acceptors (Lipinski definition) is 8. The SMILES string of the molecule is CCOC(=O)COc1cccc(CN(C)CCCn2c(CCO)nc3c(N)nc4ccccc4c32)c1F. The number of aryl methyl sites for hydroxylation is 1. The quantitative estimate of drug-likeness (QED) is 0.280. The van der Waals surface area contributed by atoms with Crippen LogP contribution in [0.5, 0.6) is 5.75 Å². The summed E-state index contributed by atoms with van der Waals surface area (Å²) in [6.45, 7) is 3.28. The fourth-order valence-electron chi connectivity index (χ4n) is 4.43. The lowest BCUT2D eigenvalue weighted by Gasteiger charge is -2.19. The number of benzene rings is 2. The van der Waals surface area contributed by atoms with Gasteiger partial charge in [-0.3, -0.25) is 0 Å². The minimum absolute atomic E-state index is 0.0237. The zero-order valence-electron chi connectivity index (χ0n) is 21.1. The van der Waals surface area contributed by atoms with Crippen LogP contribution in [-0.4, -0.2) is 63.9 Å². The molecule has 0 radical (unpaired) electrons. The van der Waals surface area contributed by atoms with Crippen LogP contribution in [0.15, 0.2) is 42.5 Å². The lowest BCUT2D eigenvalue weighted by atomic mass is 10.1. The largest absolute Gasteiger partial charge is 0.479 e. The molecule has 0 unspecified atom stereocenters. The highest BCUT2D eigenvalue weighted by atomic mass is 19.1.